The first-order valence-corrected chi connectivity index (χ1v) is 6.32. The van der Waals surface area contributed by atoms with Crippen molar-refractivity contribution < 1.29 is 22.0 Å². The number of nitrogens with one attached hydrogen (secondary N) is 2. The molecule has 1 atom stereocenters. The maximum Gasteiger partial charge on any atom is 0.408 e. The third kappa shape index (κ3) is 4.26. The second-order valence-corrected chi connectivity index (χ2v) is 5.10. The lowest BCUT2D eigenvalue weighted by atomic mass is 9.88. The van der Waals surface area contributed by atoms with Crippen molar-refractivity contribution in [2.24, 2.45) is 0 Å². The second kappa shape index (κ2) is 5.39. The van der Waals surface area contributed by atoms with Gasteiger partial charge in [0.2, 0.25) is 17.2 Å². The van der Waals surface area contributed by atoms with Crippen LogP contribution in [0.4, 0.5) is 33.8 Å². The lowest BCUT2D eigenvalue weighted by molar-refractivity contribution is -0.138. The molecule has 11 heteroatoms. The third-order valence-electron chi connectivity index (χ3n) is 2.87. The summed E-state index contributed by atoms with van der Waals surface area (Å²) in [5, 5.41) is 4.27. The van der Waals surface area contributed by atoms with Crippen molar-refractivity contribution in [3.8, 4) is 0 Å². The van der Waals surface area contributed by atoms with E-state index in [-0.39, 0.29) is 17.2 Å². The summed E-state index contributed by atoms with van der Waals surface area (Å²) in [7, 11) is 0. The molecule has 1 aliphatic carbocycles. The largest absolute Gasteiger partial charge is 0.408 e. The Kier molecular flexibility index (Phi) is 4.09. The van der Waals surface area contributed by atoms with E-state index in [0.717, 1.165) is 6.92 Å². The molecule has 0 aromatic carbocycles. The summed E-state index contributed by atoms with van der Waals surface area (Å²) in [5.74, 6) is -3.26. The topological polar surface area (TPSA) is 62.7 Å². The molecule has 1 aromatic heterocycles. The van der Waals surface area contributed by atoms with Crippen LogP contribution in [0.25, 0.3) is 0 Å². The van der Waals surface area contributed by atoms with Crippen molar-refractivity contribution in [2.45, 2.75) is 43.9 Å². The van der Waals surface area contributed by atoms with E-state index in [2.05, 4.69) is 20.3 Å². The Hall–Kier alpha value is -1.45. The molecule has 1 aromatic rings. The molecule has 1 heterocycles. The van der Waals surface area contributed by atoms with E-state index in [1.807, 2.05) is 5.32 Å². The monoisotopic (exact) mass is 331 g/mol. The highest BCUT2D eigenvalue weighted by Crippen LogP contribution is 2.38. The van der Waals surface area contributed by atoms with Gasteiger partial charge in [-0.2, -0.15) is 28.1 Å². The Morgan fingerprint density at radius 3 is 2.29 bits per heavy atom. The highest BCUT2D eigenvalue weighted by atomic mass is 35.5. The molecular formula is C10H11ClF5N5. The SMILES string of the molecule is C[C@@H](Nc1nc(Cl)nc(NC2CC(F)(F)C2)n1)C(F)(F)F. The lowest BCUT2D eigenvalue weighted by Gasteiger charge is -2.35. The van der Waals surface area contributed by atoms with E-state index in [9.17, 15) is 22.0 Å². The highest BCUT2D eigenvalue weighted by Gasteiger charge is 2.45. The van der Waals surface area contributed by atoms with Crippen LogP contribution in [0.2, 0.25) is 5.28 Å². The molecular weight excluding hydrogens is 321 g/mol. The summed E-state index contributed by atoms with van der Waals surface area (Å²) in [6.07, 6.45) is -5.27. The molecule has 118 valence electrons. The predicted molar refractivity (Wildman–Crippen MR) is 65.6 cm³/mol. The van der Waals surface area contributed by atoms with Gasteiger partial charge in [0, 0.05) is 18.9 Å². The molecule has 0 unspecified atom stereocenters. The van der Waals surface area contributed by atoms with Crippen molar-refractivity contribution in [3.63, 3.8) is 0 Å². The Labute approximate surface area is 121 Å². The quantitative estimate of drug-likeness (QED) is 0.830. The molecule has 5 nitrogen and oxygen atoms in total. The molecule has 0 spiro atoms. The summed E-state index contributed by atoms with van der Waals surface area (Å²) in [6, 6.07) is -2.44. The number of rotatable bonds is 4. The van der Waals surface area contributed by atoms with Crippen molar-refractivity contribution in [2.75, 3.05) is 10.6 Å². The average Bonchev–Trinajstić information content (AvgIpc) is 2.23. The van der Waals surface area contributed by atoms with E-state index < -0.39 is 37.0 Å². The number of halogens is 6. The van der Waals surface area contributed by atoms with E-state index in [4.69, 9.17) is 11.6 Å². The van der Waals surface area contributed by atoms with Gasteiger partial charge in [-0.1, -0.05) is 0 Å². The first-order chi connectivity index (χ1) is 9.55. The molecule has 1 aliphatic rings. The molecule has 21 heavy (non-hydrogen) atoms. The molecule has 0 amide bonds. The number of nitrogens with zero attached hydrogens (tertiary/aromatic N) is 3. The minimum absolute atomic E-state index is 0.146. The van der Waals surface area contributed by atoms with Gasteiger partial charge < -0.3 is 10.6 Å². The first-order valence-electron chi connectivity index (χ1n) is 5.94. The Morgan fingerprint density at radius 2 is 1.76 bits per heavy atom. The maximum atomic E-state index is 12.7. The van der Waals surface area contributed by atoms with Gasteiger partial charge >= 0.3 is 6.18 Å². The zero-order chi connectivity index (χ0) is 15.8. The number of hydrogen-bond donors (Lipinski definition) is 2. The van der Waals surface area contributed by atoms with Crippen LogP contribution in [0.15, 0.2) is 0 Å². The molecule has 1 fully saturated rings. The van der Waals surface area contributed by atoms with Crippen molar-refractivity contribution in [3.05, 3.63) is 5.28 Å². The Bertz CT molecular complexity index is 515. The van der Waals surface area contributed by atoms with Gasteiger partial charge in [-0.25, -0.2) is 8.78 Å². The minimum atomic E-state index is -4.48. The number of hydrogen-bond acceptors (Lipinski definition) is 5. The molecule has 0 aliphatic heterocycles. The zero-order valence-electron chi connectivity index (χ0n) is 10.7. The summed E-state index contributed by atoms with van der Waals surface area (Å²) in [4.78, 5) is 10.8. The Morgan fingerprint density at radius 1 is 1.19 bits per heavy atom. The molecule has 0 saturated heterocycles. The molecule has 1 saturated carbocycles. The van der Waals surface area contributed by atoms with E-state index in [1.54, 1.807) is 0 Å². The van der Waals surface area contributed by atoms with Crippen molar-refractivity contribution in [1.82, 2.24) is 15.0 Å². The molecule has 2 rings (SSSR count). The van der Waals surface area contributed by atoms with Gasteiger partial charge in [0.1, 0.15) is 6.04 Å². The van der Waals surface area contributed by atoms with Crippen molar-refractivity contribution in [1.29, 1.82) is 0 Å². The lowest BCUT2D eigenvalue weighted by Crippen LogP contribution is -2.44. The smallest absolute Gasteiger partial charge is 0.351 e. The average molecular weight is 332 g/mol. The number of anilines is 2. The highest BCUT2D eigenvalue weighted by molar-refractivity contribution is 6.28. The fourth-order valence-electron chi connectivity index (χ4n) is 1.70. The third-order valence-corrected chi connectivity index (χ3v) is 3.04. The maximum absolute atomic E-state index is 12.7. The van der Waals surface area contributed by atoms with Crippen LogP contribution in [0.5, 0.6) is 0 Å². The van der Waals surface area contributed by atoms with Crippen LogP contribution in [0.3, 0.4) is 0 Å². The van der Waals surface area contributed by atoms with Crippen LogP contribution < -0.4 is 10.6 Å². The van der Waals surface area contributed by atoms with Gasteiger partial charge in [-0.3, -0.25) is 0 Å². The summed E-state index contributed by atoms with van der Waals surface area (Å²) < 4.78 is 62.7. The van der Waals surface area contributed by atoms with Crippen LogP contribution in [0, 0.1) is 0 Å². The summed E-state index contributed by atoms with van der Waals surface area (Å²) >= 11 is 5.58. The fraction of sp³-hybridized carbons (Fsp3) is 0.700. The van der Waals surface area contributed by atoms with Gasteiger partial charge in [-0.05, 0) is 18.5 Å². The molecule has 2 N–H and O–H groups in total. The Balaban J connectivity index is 2.04. The van der Waals surface area contributed by atoms with Crippen LogP contribution in [0.1, 0.15) is 19.8 Å². The van der Waals surface area contributed by atoms with Gasteiger partial charge in [0.15, 0.2) is 0 Å². The molecule has 0 radical (unpaired) electrons. The van der Waals surface area contributed by atoms with Gasteiger partial charge in [-0.15, -0.1) is 0 Å². The van der Waals surface area contributed by atoms with Crippen LogP contribution in [-0.2, 0) is 0 Å². The number of aromatic nitrogens is 3. The molecule has 0 bridgehead atoms. The van der Waals surface area contributed by atoms with Crippen molar-refractivity contribution >= 4 is 23.5 Å². The van der Waals surface area contributed by atoms with E-state index in [1.165, 1.54) is 0 Å². The number of alkyl halides is 5. The van der Waals surface area contributed by atoms with E-state index >= 15 is 0 Å². The van der Waals surface area contributed by atoms with Gasteiger partial charge in [0.05, 0.1) is 0 Å². The zero-order valence-corrected chi connectivity index (χ0v) is 11.4. The normalized spacial score (nSPS) is 19.8. The van der Waals surface area contributed by atoms with Gasteiger partial charge in [0.25, 0.3) is 5.92 Å². The first kappa shape index (κ1) is 15.9. The van der Waals surface area contributed by atoms with Crippen LogP contribution in [-0.4, -0.2) is 39.1 Å². The fourth-order valence-corrected chi connectivity index (χ4v) is 1.86. The second-order valence-electron chi connectivity index (χ2n) is 4.76. The minimum Gasteiger partial charge on any atom is -0.351 e. The summed E-state index contributed by atoms with van der Waals surface area (Å²) in [5.41, 5.74) is 0. The van der Waals surface area contributed by atoms with Crippen LogP contribution >= 0.6 is 11.6 Å². The summed E-state index contributed by atoms with van der Waals surface area (Å²) in [6.45, 7) is 0.886. The predicted octanol–water partition coefficient (Wildman–Crippen LogP) is 3.10. The standard InChI is InChI=1S/C10H11ClF5N5/c1-4(10(14,15)16)17-7-19-6(11)20-8(21-7)18-5-2-9(12,13)3-5/h4-5H,2-3H2,1H3,(H2,17,18,19,20,21)/t4-/m1/s1. The van der Waals surface area contributed by atoms with E-state index in [0.29, 0.717) is 0 Å².